The Kier molecular flexibility index (Phi) is 3.70. The second-order valence-corrected chi connectivity index (χ2v) is 5.93. The first-order valence-corrected chi connectivity index (χ1v) is 7.90. The maximum Gasteiger partial charge on any atom is 0.278 e. The third-order valence-electron chi connectivity index (χ3n) is 3.97. The molecular formula is C16H13ClN6O. The van der Waals surface area contributed by atoms with Gasteiger partial charge in [-0.3, -0.25) is 15.2 Å². The number of anilines is 1. The third kappa shape index (κ3) is 2.74. The predicted octanol–water partition coefficient (Wildman–Crippen LogP) is 2.66. The van der Waals surface area contributed by atoms with Crippen LogP contribution in [0.4, 0.5) is 5.95 Å². The molecule has 2 heterocycles. The number of carbonyl (C=O) groups is 1. The summed E-state index contributed by atoms with van der Waals surface area (Å²) in [4.78, 5) is 24.1. The molecule has 0 saturated carbocycles. The Hall–Kier alpha value is -2.80. The molecule has 8 heteroatoms. The summed E-state index contributed by atoms with van der Waals surface area (Å²) in [5.41, 5.74) is 3.77. The molecule has 1 aliphatic rings. The van der Waals surface area contributed by atoms with Gasteiger partial charge in [0.25, 0.3) is 5.91 Å². The van der Waals surface area contributed by atoms with Gasteiger partial charge in [-0.1, -0.05) is 23.7 Å². The lowest BCUT2D eigenvalue weighted by Gasteiger charge is -2.02. The summed E-state index contributed by atoms with van der Waals surface area (Å²) in [6.45, 7) is 0. The number of aryl methyl sites for hydroxylation is 2. The zero-order chi connectivity index (χ0) is 16.5. The van der Waals surface area contributed by atoms with Gasteiger partial charge in [0.05, 0.1) is 5.02 Å². The molecule has 0 spiro atoms. The quantitative estimate of drug-likeness (QED) is 0.764. The minimum absolute atomic E-state index is 0.0792. The van der Waals surface area contributed by atoms with E-state index in [1.165, 1.54) is 30.1 Å². The van der Waals surface area contributed by atoms with Crippen LogP contribution >= 0.6 is 11.6 Å². The molecule has 120 valence electrons. The predicted molar refractivity (Wildman–Crippen MR) is 88.8 cm³/mol. The van der Waals surface area contributed by atoms with Gasteiger partial charge >= 0.3 is 0 Å². The molecular weight excluding hydrogens is 328 g/mol. The average molecular weight is 341 g/mol. The number of benzene rings is 1. The average Bonchev–Trinajstić information content (AvgIpc) is 3.23. The number of carbonyl (C=O) groups excluding carboxylic acids is 1. The van der Waals surface area contributed by atoms with Gasteiger partial charge in [0.2, 0.25) is 5.95 Å². The van der Waals surface area contributed by atoms with Crippen LogP contribution < -0.4 is 5.32 Å². The SMILES string of the molecule is O=C(Nc1n[nH]c(-c2ccc3c(c2)CCC3)n1)c1ncncc1Cl. The lowest BCUT2D eigenvalue weighted by molar-refractivity contribution is 0.102. The number of H-pyrrole nitrogens is 1. The number of nitrogens with zero attached hydrogens (tertiary/aromatic N) is 4. The number of hydrogen-bond donors (Lipinski definition) is 2. The number of nitrogens with one attached hydrogen (secondary N) is 2. The number of halogens is 1. The molecule has 0 atom stereocenters. The number of aromatic nitrogens is 5. The van der Waals surface area contributed by atoms with E-state index in [2.05, 4.69) is 42.6 Å². The fourth-order valence-corrected chi connectivity index (χ4v) is 3.00. The molecule has 2 aromatic heterocycles. The normalized spacial score (nSPS) is 12.9. The molecule has 0 fully saturated rings. The van der Waals surface area contributed by atoms with E-state index in [-0.39, 0.29) is 16.7 Å². The zero-order valence-corrected chi connectivity index (χ0v) is 13.3. The topological polar surface area (TPSA) is 96.5 Å². The highest BCUT2D eigenvalue weighted by Gasteiger charge is 2.16. The highest BCUT2D eigenvalue weighted by atomic mass is 35.5. The smallest absolute Gasteiger partial charge is 0.278 e. The summed E-state index contributed by atoms with van der Waals surface area (Å²) in [5, 5.41) is 9.61. The second kappa shape index (κ2) is 6.01. The van der Waals surface area contributed by atoms with E-state index >= 15 is 0 Å². The fraction of sp³-hybridized carbons (Fsp3) is 0.188. The van der Waals surface area contributed by atoms with Gasteiger partial charge in [-0.2, -0.15) is 4.98 Å². The lowest BCUT2D eigenvalue weighted by Crippen LogP contribution is -2.15. The summed E-state index contributed by atoms with van der Waals surface area (Å²) in [6, 6.07) is 6.26. The summed E-state index contributed by atoms with van der Waals surface area (Å²) in [5.74, 6) is 0.292. The number of rotatable bonds is 3. The Morgan fingerprint density at radius 1 is 1.25 bits per heavy atom. The van der Waals surface area contributed by atoms with Crippen LogP contribution in [0.5, 0.6) is 0 Å². The monoisotopic (exact) mass is 340 g/mol. The van der Waals surface area contributed by atoms with Gasteiger partial charge in [-0.15, -0.1) is 5.10 Å². The molecule has 24 heavy (non-hydrogen) atoms. The summed E-state index contributed by atoms with van der Waals surface area (Å²) in [7, 11) is 0. The molecule has 3 aromatic rings. The standard InChI is InChI=1S/C16H13ClN6O/c17-12-7-18-8-19-13(12)15(24)21-16-20-14(22-23-16)11-5-4-9-2-1-3-10(9)6-11/h4-8H,1-3H2,(H2,20,21,22,23,24). The highest BCUT2D eigenvalue weighted by molar-refractivity contribution is 6.33. The second-order valence-electron chi connectivity index (χ2n) is 5.52. The van der Waals surface area contributed by atoms with Gasteiger partial charge < -0.3 is 0 Å². The number of aromatic amines is 1. The molecule has 0 aliphatic heterocycles. The van der Waals surface area contributed by atoms with Crippen molar-refractivity contribution >= 4 is 23.5 Å². The molecule has 2 N–H and O–H groups in total. The van der Waals surface area contributed by atoms with E-state index in [1.54, 1.807) is 0 Å². The van der Waals surface area contributed by atoms with Crippen molar-refractivity contribution in [3.05, 3.63) is 52.6 Å². The van der Waals surface area contributed by atoms with Crippen LogP contribution in [0.2, 0.25) is 5.02 Å². The van der Waals surface area contributed by atoms with E-state index in [9.17, 15) is 4.79 Å². The van der Waals surface area contributed by atoms with Gasteiger partial charge in [-0.05, 0) is 36.5 Å². The molecule has 1 aromatic carbocycles. The molecule has 7 nitrogen and oxygen atoms in total. The van der Waals surface area contributed by atoms with Crippen LogP contribution in [-0.4, -0.2) is 31.1 Å². The Balaban J connectivity index is 1.55. The first kappa shape index (κ1) is 14.8. The first-order valence-electron chi connectivity index (χ1n) is 7.52. The van der Waals surface area contributed by atoms with Gasteiger partial charge in [-0.25, -0.2) is 9.97 Å². The van der Waals surface area contributed by atoms with E-state index in [0.717, 1.165) is 18.4 Å². The minimum atomic E-state index is -0.484. The van der Waals surface area contributed by atoms with Crippen molar-refractivity contribution < 1.29 is 4.79 Å². The molecule has 1 aliphatic carbocycles. The third-order valence-corrected chi connectivity index (χ3v) is 4.24. The van der Waals surface area contributed by atoms with E-state index in [4.69, 9.17) is 11.6 Å². The van der Waals surface area contributed by atoms with Crippen LogP contribution in [0, 0.1) is 0 Å². The largest absolute Gasteiger partial charge is 0.288 e. The Morgan fingerprint density at radius 3 is 3.00 bits per heavy atom. The lowest BCUT2D eigenvalue weighted by atomic mass is 10.1. The van der Waals surface area contributed by atoms with Crippen LogP contribution in [0.3, 0.4) is 0 Å². The van der Waals surface area contributed by atoms with E-state index in [0.29, 0.717) is 5.82 Å². The van der Waals surface area contributed by atoms with Crippen molar-refractivity contribution in [2.24, 2.45) is 0 Å². The zero-order valence-electron chi connectivity index (χ0n) is 12.6. The minimum Gasteiger partial charge on any atom is -0.288 e. The summed E-state index contributed by atoms with van der Waals surface area (Å²) >= 11 is 5.91. The van der Waals surface area contributed by atoms with Crippen molar-refractivity contribution in [1.29, 1.82) is 0 Å². The molecule has 0 saturated heterocycles. The van der Waals surface area contributed by atoms with E-state index < -0.39 is 5.91 Å². The fourth-order valence-electron chi connectivity index (χ4n) is 2.81. The van der Waals surface area contributed by atoms with Crippen molar-refractivity contribution in [3.63, 3.8) is 0 Å². The van der Waals surface area contributed by atoms with Gasteiger partial charge in [0.15, 0.2) is 11.5 Å². The highest BCUT2D eigenvalue weighted by Crippen LogP contribution is 2.26. The first-order chi connectivity index (χ1) is 11.7. The molecule has 0 unspecified atom stereocenters. The Bertz CT molecular complexity index is 922. The number of hydrogen-bond acceptors (Lipinski definition) is 5. The summed E-state index contributed by atoms with van der Waals surface area (Å²) < 4.78 is 0. The van der Waals surface area contributed by atoms with Crippen molar-refractivity contribution in [3.8, 4) is 11.4 Å². The van der Waals surface area contributed by atoms with E-state index in [1.807, 2.05) is 6.07 Å². The molecule has 0 radical (unpaired) electrons. The number of amides is 1. The van der Waals surface area contributed by atoms with Crippen LogP contribution in [-0.2, 0) is 12.8 Å². The van der Waals surface area contributed by atoms with Crippen molar-refractivity contribution in [1.82, 2.24) is 25.1 Å². The van der Waals surface area contributed by atoms with Crippen LogP contribution in [0.15, 0.2) is 30.7 Å². The van der Waals surface area contributed by atoms with Gasteiger partial charge in [0.1, 0.15) is 6.33 Å². The summed E-state index contributed by atoms with van der Waals surface area (Å²) in [6.07, 6.45) is 6.03. The molecule has 4 rings (SSSR count). The van der Waals surface area contributed by atoms with Crippen molar-refractivity contribution in [2.45, 2.75) is 19.3 Å². The van der Waals surface area contributed by atoms with Crippen LogP contribution in [0.25, 0.3) is 11.4 Å². The molecule has 0 bridgehead atoms. The van der Waals surface area contributed by atoms with Crippen molar-refractivity contribution in [2.75, 3.05) is 5.32 Å². The van der Waals surface area contributed by atoms with Gasteiger partial charge in [0, 0.05) is 11.8 Å². The number of fused-ring (bicyclic) bond motifs is 1. The maximum atomic E-state index is 12.2. The Morgan fingerprint density at radius 2 is 2.12 bits per heavy atom. The Labute approximate surface area is 142 Å². The molecule has 1 amide bonds. The van der Waals surface area contributed by atoms with Crippen LogP contribution in [0.1, 0.15) is 28.0 Å². The maximum absolute atomic E-state index is 12.2.